The van der Waals surface area contributed by atoms with Gasteiger partial charge in [-0.1, -0.05) is 30.3 Å². The van der Waals surface area contributed by atoms with Crippen molar-refractivity contribution in [1.29, 1.82) is 0 Å². The minimum Gasteiger partial charge on any atom is -0.494 e. The number of aromatic nitrogens is 4. The standard InChI is InChI=1S/C19H19N5O2/c1-12-21-22-23-24(12)17-10-14(8-9-18(17)26-2)20-19(25)16-11-15(16)13-6-4-3-5-7-13/h3-10,15-16H,11H2,1-2H3,(H,20,25). The topological polar surface area (TPSA) is 81.9 Å². The van der Waals surface area contributed by atoms with Crippen LogP contribution in [0.1, 0.15) is 23.7 Å². The molecule has 1 amide bonds. The molecule has 4 rings (SSSR count). The van der Waals surface area contributed by atoms with Crippen LogP contribution < -0.4 is 10.1 Å². The number of benzene rings is 2. The van der Waals surface area contributed by atoms with E-state index in [-0.39, 0.29) is 11.8 Å². The number of rotatable bonds is 5. The smallest absolute Gasteiger partial charge is 0.228 e. The van der Waals surface area contributed by atoms with E-state index in [9.17, 15) is 4.79 Å². The van der Waals surface area contributed by atoms with E-state index in [1.54, 1.807) is 24.8 Å². The van der Waals surface area contributed by atoms with Crippen LogP contribution in [0.2, 0.25) is 0 Å². The van der Waals surface area contributed by atoms with Crippen molar-refractivity contribution in [2.24, 2.45) is 5.92 Å². The molecule has 0 spiro atoms. The van der Waals surface area contributed by atoms with Crippen molar-refractivity contribution < 1.29 is 9.53 Å². The van der Waals surface area contributed by atoms with Crippen LogP contribution in [-0.4, -0.2) is 33.2 Å². The van der Waals surface area contributed by atoms with Crippen molar-refractivity contribution in [2.75, 3.05) is 12.4 Å². The van der Waals surface area contributed by atoms with Crippen LogP contribution >= 0.6 is 0 Å². The second-order valence-electron chi connectivity index (χ2n) is 6.37. The Balaban J connectivity index is 1.52. The highest BCUT2D eigenvalue weighted by Crippen LogP contribution is 2.48. The number of ether oxygens (including phenoxy) is 1. The molecule has 0 radical (unpaired) electrons. The molecule has 132 valence electrons. The van der Waals surface area contributed by atoms with E-state index < -0.39 is 0 Å². The van der Waals surface area contributed by atoms with E-state index in [1.165, 1.54) is 5.56 Å². The predicted molar refractivity (Wildman–Crippen MR) is 96.4 cm³/mol. The normalized spacial score (nSPS) is 18.4. The zero-order chi connectivity index (χ0) is 18.1. The number of hydrogen-bond acceptors (Lipinski definition) is 5. The van der Waals surface area contributed by atoms with Crippen LogP contribution in [-0.2, 0) is 4.79 Å². The summed E-state index contributed by atoms with van der Waals surface area (Å²) in [5.74, 6) is 1.61. The highest BCUT2D eigenvalue weighted by molar-refractivity contribution is 5.95. The number of methoxy groups -OCH3 is 1. The summed E-state index contributed by atoms with van der Waals surface area (Å²) in [6, 6.07) is 15.6. The third-order valence-electron chi connectivity index (χ3n) is 4.65. The summed E-state index contributed by atoms with van der Waals surface area (Å²) in [5, 5.41) is 14.5. The molecule has 2 aromatic carbocycles. The quantitative estimate of drug-likeness (QED) is 0.766. The minimum absolute atomic E-state index is 0.0118. The van der Waals surface area contributed by atoms with E-state index in [4.69, 9.17) is 4.74 Å². The summed E-state index contributed by atoms with van der Waals surface area (Å²) in [4.78, 5) is 12.6. The molecule has 0 saturated heterocycles. The van der Waals surface area contributed by atoms with Gasteiger partial charge in [0.1, 0.15) is 11.4 Å². The average molecular weight is 349 g/mol. The lowest BCUT2D eigenvalue weighted by Crippen LogP contribution is -2.15. The fourth-order valence-electron chi connectivity index (χ4n) is 3.18. The number of carbonyl (C=O) groups excluding carboxylic acids is 1. The van der Waals surface area contributed by atoms with E-state index in [0.29, 0.717) is 28.9 Å². The first kappa shape index (κ1) is 16.3. The monoisotopic (exact) mass is 349 g/mol. The van der Waals surface area contributed by atoms with Crippen LogP contribution in [0.25, 0.3) is 5.69 Å². The van der Waals surface area contributed by atoms with Crippen molar-refractivity contribution in [2.45, 2.75) is 19.3 Å². The molecule has 1 aromatic heterocycles. The van der Waals surface area contributed by atoms with Crippen LogP contribution in [0, 0.1) is 12.8 Å². The fourth-order valence-corrected chi connectivity index (χ4v) is 3.18. The molecular weight excluding hydrogens is 330 g/mol. The molecule has 7 heteroatoms. The largest absolute Gasteiger partial charge is 0.494 e. The molecule has 1 saturated carbocycles. The van der Waals surface area contributed by atoms with Crippen LogP contribution in [0.3, 0.4) is 0 Å². The number of tetrazole rings is 1. The maximum Gasteiger partial charge on any atom is 0.228 e. The highest BCUT2D eigenvalue weighted by Gasteiger charge is 2.43. The van der Waals surface area contributed by atoms with Gasteiger partial charge in [-0.05, 0) is 53.5 Å². The summed E-state index contributed by atoms with van der Waals surface area (Å²) in [7, 11) is 1.59. The summed E-state index contributed by atoms with van der Waals surface area (Å²) in [6.45, 7) is 1.80. The molecular formula is C19H19N5O2. The summed E-state index contributed by atoms with van der Waals surface area (Å²) >= 11 is 0. The Kier molecular flexibility index (Phi) is 4.12. The second-order valence-corrected chi connectivity index (χ2v) is 6.37. The lowest BCUT2D eigenvalue weighted by atomic mass is 10.1. The van der Waals surface area contributed by atoms with Gasteiger partial charge in [0.15, 0.2) is 5.82 Å². The number of nitrogens with zero attached hydrogens (tertiary/aromatic N) is 4. The Hall–Kier alpha value is -3.22. The Morgan fingerprint density at radius 1 is 1.23 bits per heavy atom. The van der Waals surface area contributed by atoms with Crippen molar-refractivity contribution in [3.8, 4) is 11.4 Å². The number of carbonyl (C=O) groups is 1. The number of amides is 1. The Bertz CT molecular complexity index is 938. The molecule has 1 N–H and O–H groups in total. The molecule has 3 aromatic rings. The molecule has 1 aliphatic carbocycles. The average Bonchev–Trinajstić information content (AvgIpc) is 3.37. The molecule has 0 aliphatic heterocycles. The zero-order valence-corrected chi connectivity index (χ0v) is 14.6. The fraction of sp³-hybridized carbons (Fsp3) is 0.263. The van der Waals surface area contributed by atoms with Gasteiger partial charge in [-0.25, -0.2) is 0 Å². The molecule has 2 unspecified atom stereocenters. The molecule has 7 nitrogen and oxygen atoms in total. The van der Waals surface area contributed by atoms with Crippen LogP contribution in [0.15, 0.2) is 48.5 Å². The minimum atomic E-state index is 0.0118. The van der Waals surface area contributed by atoms with E-state index in [1.807, 2.05) is 30.3 Å². The number of anilines is 1. The highest BCUT2D eigenvalue weighted by atomic mass is 16.5. The van der Waals surface area contributed by atoms with E-state index in [2.05, 4.69) is 33.0 Å². The van der Waals surface area contributed by atoms with Gasteiger partial charge >= 0.3 is 0 Å². The van der Waals surface area contributed by atoms with Gasteiger partial charge in [0.2, 0.25) is 5.91 Å². The maximum absolute atomic E-state index is 12.6. The number of aryl methyl sites for hydroxylation is 1. The maximum atomic E-state index is 12.6. The molecule has 1 aliphatic rings. The number of hydrogen-bond donors (Lipinski definition) is 1. The van der Waals surface area contributed by atoms with Crippen molar-refractivity contribution in [1.82, 2.24) is 20.2 Å². The summed E-state index contributed by atoms with van der Waals surface area (Å²) in [6.07, 6.45) is 0.880. The Morgan fingerprint density at radius 3 is 2.73 bits per heavy atom. The summed E-state index contributed by atoms with van der Waals surface area (Å²) in [5.41, 5.74) is 2.59. The van der Waals surface area contributed by atoms with Gasteiger partial charge in [-0.3, -0.25) is 4.79 Å². The van der Waals surface area contributed by atoms with Crippen molar-refractivity contribution in [3.63, 3.8) is 0 Å². The number of nitrogens with one attached hydrogen (secondary N) is 1. The first-order chi connectivity index (χ1) is 12.7. The third-order valence-corrected chi connectivity index (χ3v) is 4.65. The van der Waals surface area contributed by atoms with Crippen molar-refractivity contribution >= 4 is 11.6 Å². The van der Waals surface area contributed by atoms with E-state index in [0.717, 1.165) is 6.42 Å². The first-order valence-electron chi connectivity index (χ1n) is 8.46. The van der Waals surface area contributed by atoms with E-state index >= 15 is 0 Å². The first-order valence-corrected chi connectivity index (χ1v) is 8.46. The van der Waals surface area contributed by atoms with Gasteiger partial charge < -0.3 is 10.1 Å². The summed E-state index contributed by atoms with van der Waals surface area (Å²) < 4.78 is 6.97. The Labute approximate surface area is 151 Å². The molecule has 26 heavy (non-hydrogen) atoms. The van der Waals surface area contributed by atoms with Crippen LogP contribution in [0.4, 0.5) is 5.69 Å². The molecule has 2 atom stereocenters. The second kappa shape index (κ2) is 6.59. The van der Waals surface area contributed by atoms with Gasteiger partial charge in [0.25, 0.3) is 0 Å². The molecule has 1 fully saturated rings. The Morgan fingerprint density at radius 2 is 2.04 bits per heavy atom. The van der Waals surface area contributed by atoms with Crippen molar-refractivity contribution in [3.05, 3.63) is 59.9 Å². The predicted octanol–water partition coefficient (Wildman–Crippen LogP) is 2.72. The van der Waals surface area contributed by atoms with Gasteiger partial charge in [-0.2, -0.15) is 4.68 Å². The lowest BCUT2D eigenvalue weighted by molar-refractivity contribution is -0.117. The van der Waals surface area contributed by atoms with Gasteiger partial charge in [-0.15, -0.1) is 5.10 Å². The lowest BCUT2D eigenvalue weighted by Gasteiger charge is -2.12. The molecule has 1 heterocycles. The third kappa shape index (κ3) is 3.03. The molecule has 0 bridgehead atoms. The SMILES string of the molecule is COc1ccc(NC(=O)C2CC2c2ccccc2)cc1-n1nnnc1C. The van der Waals surface area contributed by atoms with Gasteiger partial charge in [0, 0.05) is 11.6 Å². The van der Waals surface area contributed by atoms with Gasteiger partial charge in [0.05, 0.1) is 7.11 Å². The van der Waals surface area contributed by atoms with Crippen LogP contribution in [0.5, 0.6) is 5.75 Å². The zero-order valence-electron chi connectivity index (χ0n) is 14.6.